The van der Waals surface area contributed by atoms with Crippen LogP contribution in [0.3, 0.4) is 0 Å². The molecule has 1 aromatic carbocycles. The minimum absolute atomic E-state index is 0.193. The van der Waals surface area contributed by atoms with E-state index in [0.717, 1.165) is 12.0 Å². The zero-order valence-corrected chi connectivity index (χ0v) is 13.2. The molecule has 0 saturated carbocycles. The van der Waals surface area contributed by atoms with Gasteiger partial charge in [0, 0.05) is 12.1 Å². The highest BCUT2D eigenvalue weighted by Crippen LogP contribution is 2.19. The first-order valence-corrected chi connectivity index (χ1v) is 8.19. The minimum atomic E-state index is -0.568. The fourth-order valence-corrected chi connectivity index (χ4v) is 3.21. The highest BCUT2D eigenvalue weighted by molar-refractivity contribution is 7.07. The van der Waals surface area contributed by atoms with Gasteiger partial charge in [-0.1, -0.05) is 12.1 Å². The zero-order chi connectivity index (χ0) is 15.2. The van der Waals surface area contributed by atoms with Crippen molar-refractivity contribution in [3.8, 4) is 0 Å². The number of aliphatic hydroxyl groups is 1. The highest BCUT2D eigenvalue weighted by atomic mass is 32.1. The molecule has 21 heavy (non-hydrogen) atoms. The monoisotopic (exact) mass is 307 g/mol. The topological polar surface area (TPSA) is 32.3 Å². The van der Waals surface area contributed by atoms with Crippen LogP contribution in [-0.2, 0) is 6.42 Å². The molecular formula is C17H22FNOS. The molecule has 0 aliphatic heterocycles. The lowest BCUT2D eigenvalue weighted by Gasteiger charge is -2.22. The van der Waals surface area contributed by atoms with E-state index in [-0.39, 0.29) is 11.9 Å². The summed E-state index contributed by atoms with van der Waals surface area (Å²) in [5, 5.41) is 17.9. The molecule has 0 aliphatic carbocycles. The predicted molar refractivity (Wildman–Crippen MR) is 86.1 cm³/mol. The SMILES string of the molecule is CC(Cc1ccsc1)NC(C)CC(O)c1ccc(F)cc1. The number of aliphatic hydroxyl groups excluding tert-OH is 1. The van der Waals surface area contributed by atoms with Gasteiger partial charge in [0.2, 0.25) is 0 Å². The Morgan fingerprint density at radius 1 is 1.14 bits per heavy atom. The molecule has 0 saturated heterocycles. The first-order chi connectivity index (χ1) is 10.0. The minimum Gasteiger partial charge on any atom is -0.388 e. The second-order valence-corrected chi connectivity index (χ2v) is 6.39. The number of thiophene rings is 1. The number of benzene rings is 1. The van der Waals surface area contributed by atoms with E-state index < -0.39 is 6.10 Å². The molecule has 0 fully saturated rings. The van der Waals surface area contributed by atoms with E-state index >= 15 is 0 Å². The van der Waals surface area contributed by atoms with E-state index in [4.69, 9.17) is 0 Å². The largest absolute Gasteiger partial charge is 0.388 e. The fraction of sp³-hybridized carbons (Fsp3) is 0.412. The van der Waals surface area contributed by atoms with Crippen LogP contribution in [-0.4, -0.2) is 17.2 Å². The van der Waals surface area contributed by atoms with Gasteiger partial charge in [0.1, 0.15) is 5.82 Å². The summed E-state index contributed by atoms with van der Waals surface area (Å²) < 4.78 is 12.9. The lowest BCUT2D eigenvalue weighted by molar-refractivity contribution is 0.152. The van der Waals surface area contributed by atoms with Crippen molar-refractivity contribution in [2.75, 3.05) is 0 Å². The molecule has 114 valence electrons. The molecule has 2 nitrogen and oxygen atoms in total. The second kappa shape index (κ2) is 7.69. The zero-order valence-electron chi connectivity index (χ0n) is 12.4. The van der Waals surface area contributed by atoms with Gasteiger partial charge in [-0.3, -0.25) is 0 Å². The van der Waals surface area contributed by atoms with Crippen LogP contribution in [0.2, 0.25) is 0 Å². The Bertz CT molecular complexity index is 526. The fourth-order valence-electron chi connectivity index (χ4n) is 2.53. The van der Waals surface area contributed by atoms with Gasteiger partial charge in [-0.15, -0.1) is 0 Å². The van der Waals surface area contributed by atoms with Crippen LogP contribution in [0.1, 0.15) is 37.5 Å². The Kier molecular flexibility index (Phi) is 5.91. The molecule has 3 atom stereocenters. The molecule has 2 aromatic rings. The van der Waals surface area contributed by atoms with E-state index in [9.17, 15) is 9.50 Å². The van der Waals surface area contributed by atoms with Gasteiger partial charge in [-0.2, -0.15) is 11.3 Å². The van der Waals surface area contributed by atoms with E-state index in [2.05, 4.69) is 36.0 Å². The van der Waals surface area contributed by atoms with E-state index in [0.29, 0.717) is 12.5 Å². The summed E-state index contributed by atoms with van der Waals surface area (Å²) in [7, 11) is 0. The van der Waals surface area contributed by atoms with Crippen LogP contribution in [0.5, 0.6) is 0 Å². The van der Waals surface area contributed by atoms with Gasteiger partial charge in [0.05, 0.1) is 6.10 Å². The van der Waals surface area contributed by atoms with Gasteiger partial charge < -0.3 is 10.4 Å². The molecule has 0 spiro atoms. The maximum Gasteiger partial charge on any atom is 0.123 e. The third-order valence-electron chi connectivity index (χ3n) is 3.52. The summed E-state index contributed by atoms with van der Waals surface area (Å²) in [6.45, 7) is 4.22. The van der Waals surface area contributed by atoms with E-state index in [1.165, 1.54) is 17.7 Å². The van der Waals surface area contributed by atoms with Gasteiger partial charge in [-0.05, 0) is 66.8 Å². The van der Waals surface area contributed by atoms with Gasteiger partial charge in [-0.25, -0.2) is 4.39 Å². The Balaban J connectivity index is 1.80. The lowest BCUT2D eigenvalue weighted by Crippen LogP contribution is -2.36. The third-order valence-corrected chi connectivity index (χ3v) is 4.25. The summed E-state index contributed by atoms with van der Waals surface area (Å²) in [5.41, 5.74) is 2.10. The quantitative estimate of drug-likeness (QED) is 0.812. The number of halogens is 1. The van der Waals surface area contributed by atoms with Crippen LogP contribution in [0.25, 0.3) is 0 Å². The molecule has 1 aromatic heterocycles. The normalized spacial score (nSPS) is 15.6. The van der Waals surface area contributed by atoms with Crippen molar-refractivity contribution in [3.63, 3.8) is 0 Å². The molecular weight excluding hydrogens is 285 g/mol. The Hall–Kier alpha value is -1.23. The van der Waals surface area contributed by atoms with Gasteiger partial charge in [0.25, 0.3) is 0 Å². The summed E-state index contributed by atoms with van der Waals surface area (Å²) >= 11 is 1.71. The van der Waals surface area contributed by atoms with Crippen LogP contribution in [0, 0.1) is 5.82 Å². The first-order valence-electron chi connectivity index (χ1n) is 7.25. The Labute approximate surface area is 129 Å². The Morgan fingerprint density at radius 3 is 2.48 bits per heavy atom. The lowest BCUT2D eigenvalue weighted by atomic mass is 10.0. The molecule has 4 heteroatoms. The average Bonchev–Trinajstić information content (AvgIpc) is 2.91. The second-order valence-electron chi connectivity index (χ2n) is 5.61. The van der Waals surface area contributed by atoms with Crippen molar-refractivity contribution in [2.24, 2.45) is 0 Å². The highest BCUT2D eigenvalue weighted by Gasteiger charge is 2.14. The van der Waals surface area contributed by atoms with Crippen molar-refractivity contribution in [1.29, 1.82) is 0 Å². The molecule has 3 unspecified atom stereocenters. The maximum absolute atomic E-state index is 12.9. The van der Waals surface area contributed by atoms with Crippen molar-refractivity contribution in [3.05, 3.63) is 58.0 Å². The smallest absolute Gasteiger partial charge is 0.123 e. The van der Waals surface area contributed by atoms with Crippen molar-refractivity contribution < 1.29 is 9.50 Å². The van der Waals surface area contributed by atoms with Crippen LogP contribution < -0.4 is 5.32 Å². The molecule has 1 heterocycles. The number of nitrogens with one attached hydrogen (secondary N) is 1. The van der Waals surface area contributed by atoms with Crippen LogP contribution >= 0.6 is 11.3 Å². The summed E-state index contributed by atoms with van der Waals surface area (Å²) in [4.78, 5) is 0. The molecule has 2 rings (SSSR count). The van der Waals surface area contributed by atoms with Crippen molar-refractivity contribution >= 4 is 11.3 Å². The number of hydrogen-bond acceptors (Lipinski definition) is 3. The average molecular weight is 307 g/mol. The molecule has 2 N–H and O–H groups in total. The van der Waals surface area contributed by atoms with Gasteiger partial charge in [0.15, 0.2) is 0 Å². The maximum atomic E-state index is 12.9. The first kappa shape index (κ1) is 16.1. The summed E-state index contributed by atoms with van der Waals surface area (Å²) in [6.07, 6.45) is 1.03. The van der Waals surface area contributed by atoms with Crippen molar-refractivity contribution in [2.45, 2.75) is 44.9 Å². The molecule has 0 bridgehead atoms. The van der Waals surface area contributed by atoms with Crippen molar-refractivity contribution in [1.82, 2.24) is 5.32 Å². The van der Waals surface area contributed by atoms with Gasteiger partial charge >= 0.3 is 0 Å². The summed E-state index contributed by atoms with van der Waals surface area (Å²) in [5.74, 6) is -0.276. The standard InChI is InChI=1S/C17H22FNOS/c1-12(9-14-7-8-21-11-14)19-13(2)10-17(20)15-3-5-16(18)6-4-15/h3-8,11-13,17,19-20H,9-10H2,1-2H3. The Morgan fingerprint density at radius 2 is 1.86 bits per heavy atom. The van der Waals surface area contributed by atoms with E-state index in [1.54, 1.807) is 23.5 Å². The van der Waals surface area contributed by atoms with E-state index in [1.807, 2.05) is 0 Å². The summed E-state index contributed by atoms with van der Waals surface area (Å²) in [6, 6.07) is 8.74. The number of hydrogen-bond donors (Lipinski definition) is 2. The van der Waals surface area contributed by atoms with Crippen LogP contribution in [0.15, 0.2) is 41.1 Å². The predicted octanol–water partition coefficient (Wildman–Crippen LogP) is 3.92. The molecule has 0 radical (unpaired) electrons. The van der Waals surface area contributed by atoms with Crippen LogP contribution in [0.4, 0.5) is 4.39 Å². The molecule has 0 amide bonds. The third kappa shape index (κ3) is 5.23. The number of rotatable bonds is 7. The molecule has 0 aliphatic rings.